The minimum Gasteiger partial charge on any atom is -0.452 e. The molecule has 6 heteroatoms. The van der Waals surface area contributed by atoms with E-state index in [1.165, 1.54) is 7.11 Å². The molecule has 0 radical (unpaired) electrons. The number of nitrogens with zero attached hydrogens (tertiary/aromatic N) is 1. The molecule has 0 unspecified atom stereocenters. The van der Waals surface area contributed by atoms with Gasteiger partial charge in [-0.25, -0.2) is 13.2 Å². The third kappa shape index (κ3) is 1.68. The fourth-order valence-electron chi connectivity index (χ4n) is 1.99. The lowest BCUT2D eigenvalue weighted by Gasteiger charge is -2.44. The van der Waals surface area contributed by atoms with Gasteiger partial charge in [0.05, 0.1) is 13.2 Å². The maximum Gasteiger partial charge on any atom is 0.423 e. The van der Waals surface area contributed by atoms with E-state index >= 15 is 0 Å². The first-order chi connectivity index (χ1) is 8.00. The Balaban J connectivity index is 2.39. The molecule has 17 heavy (non-hydrogen) atoms. The Hall–Kier alpha value is -1.56. The lowest BCUT2D eigenvalue weighted by atomic mass is 10.0. The number of hydrogen-bond acceptors (Lipinski definition) is 4. The molecule has 1 aliphatic rings. The van der Waals surface area contributed by atoms with E-state index in [9.17, 15) is 13.2 Å². The molecular weight excluding hydrogens is 242 g/mol. The van der Waals surface area contributed by atoms with Crippen molar-refractivity contribution in [3.05, 3.63) is 35.9 Å². The summed E-state index contributed by atoms with van der Waals surface area (Å²) in [7, 11) is -2.38. The SMILES string of the molecule is COC(=O)N1[C@H](c2ccccc2)[C@H](C)S1(=O)=O. The van der Waals surface area contributed by atoms with Crippen LogP contribution in [0.3, 0.4) is 0 Å². The van der Waals surface area contributed by atoms with E-state index in [1.807, 2.05) is 18.2 Å². The van der Waals surface area contributed by atoms with Crippen LogP contribution < -0.4 is 0 Å². The van der Waals surface area contributed by atoms with Gasteiger partial charge in [-0.3, -0.25) is 0 Å². The highest BCUT2D eigenvalue weighted by atomic mass is 32.2. The molecular formula is C11H13NO4S. The lowest BCUT2D eigenvalue weighted by Crippen LogP contribution is -2.58. The maximum absolute atomic E-state index is 11.8. The summed E-state index contributed by atoms with van der Waals surface area (Å²) in [5.74, 6) is 0. The van der Waals surface area contributed by atoms with Gasteiger partial charge in [0.2, 0.25) is 10.0 Å². The summed E-state index contributed by atoms with van der Waals surface area (Å²) < 4.78 is 28.8. The fraction of sp³-hybridized carbons (Fsp3) is 0.364. The molecule has 0 bridgehead atoms. The summed E-state index contributed by atoms with van der Waals surface area (Å²) in [4.78, 5) is 11.5. The molecule has 0 aliphatic carbocycles. The molecule has 0 saturated carbocycles. The van der Waals surface area contributed by atoms with E-state index in [1.54, 1.807) is 19.1 Å². The normalized spacial score (nSPS) is 26.1. The maximum atomic E-state index is 11.8. The average molecular weight is 255 g/mol. The van der Waals surface area contributed by atoms with E-state index in [2.05, 4.69) is 4.74 Å². The van der Waals surface area contributed by atoms with E-state index in [0.29, 0.717) is 0 Å². The summed E-state index contributed by atoms with van der Waals surface area (Å²) in [5.41, 5.74) is 0.792. The summed E-state index contributed by atoms with van der Waals surface area (Å²) in [6, 6.07) is 8.58. The van der Waals surface area contributed by atoms with Crippen LogP contribution in [0.25, 0.3) is 0 Å². The number of benzene rings is 1. The quantitative estimate of drug-likeness (QED) is 0.763. The number of carbonyl (C=O) groups excluding carboxylic acids is 1. The smallest absolute Gasteiger partial charge is 0.423 e. The van der Waals surface area contributed by atoms with Crippen LogP contribution in [0, 0.1) is 0 Å². The Bertz CT molecular complexity index is 526. The summed E-state index contributed by atoms with van der Waals surface area (Å²) >= 11 is 0. The van der Waals surface area contributed by atoms with Crippen molar-refractivity contribution in [3.63, 3.8) is 0 Å². The first kappa shape index (κ1) is 11.9. The van der Waals surface area contributed by atoms with Crippen molar-refractivity contribution >= 4 is 16.1 Å². The van der Waals surface area contributed by atoms with Gasteiger partial charge in [0.25, 0.3) is 0 Å². The van der Waals surface area contributed by atoms with Gasteiger partial charge in [0.15, 0.2) is 0 Å². The number of carbonyl (C=O) groups is 1. The van der Waals surface area contributed by atoms with Gasteiger partial charge in [-0.15, -0.1) is 0 Å². The first-order valence-corrected chi connectivity index (χ1v) is 6.66. The average Bonchev–Trinajstić information content (AvgIpc) is 2.35. The van der Waals surface area contributed by atoms with E-state index in [-0.39, 0.29) is 0 Å². The van der Waals surface area contributed by atoms with Crippen molar-refractivity contribution < 1.29 is 17.9 Å². The second-order valence-corrected chi connectivity index (χ2v) is 6.04. The van der Waals surface area contributed by atoms with Crippen molar-refractivity contribution in [1.29, 1.82) is 0 Å². The molecule has 1 heterocycles. The highest BCUT2D eigenvalue weighted by Crippen LogP contribution is 2.42. The number of sulfonamides is 1. The number of rotatable bonds is 1. The monoisotopic (exact) mass is 255 g/mol. The third-order valence-electron chi connectivity index (χ3n) is 2.94. The van der Waals surface area contributed by atoms with Gasteiger partial charge in [0.1, 0.15) is 5.25 Å². The van der Waals surface area contributed by atoms with Gasteiger partial charge in [-0.2, -0.15) is 4.31 Å². The Morgan fingerprint density at radius 1 is 1.29 bits per heavy atom. The molecule has 1 saturated heterocycles. The van der Waals surface area contributed by atoms with Crippen LogP contribution in [0.1, 0.15) is 18.5 Å². The van der Waals surface area contributed by atoms with Crippen LogP contribution >= 0.6 is 0 Å². The Morgan fingerprint density at radius 3 is 2.41 bits per heavy atom. The van der Waals surface area contributed by atoms with Gasteiger partial charge in [-0.1, -0.05) is 30.3 Å². The summed E-state index contributed by atoms with van der Waals surface area (Å²) in [6.45, 7) is 1.59. The second-order valence-electron chi connectivity index (χ2n) is 3.87. The summed E-state index contributed by atoms with van der Waals surface area (Å²) in [5, 5.41) is -0.607. The highest BCUT2D eigenvalue weighted by molar-refractivity contribution is 7.91. The molecule has 2 atom stereocenters. The zero-order valence-corrected chi connectivity index (χ0v) is 10.3. The molecule has 1 aliphatic heterocycles. The van der Waals surface area contributed by atoms with E-state index in [0.717, 1.165) is 9.87 Å². The van der Waals surface area contributed by atoms with Crippen LogP contribution in [0.2, 0.25) is 0 Å². The number of ether oxygens (including phenoxy) is 1. The Labute approximate surface area is 100 Å². The largest absolute Gasteiger partial charge is 0.452 e. The number of amides is 1. The highest BCUT2D eigenvalue weighted by Gasteiger charge is 2.55. The number of methoxy groups -OCH3 is 1. The van der Waals surface area contributed by atoms with E-state index < -0.39 is 27.4 Å². The molecule has 92 valence electrons. The molecule has 0 N–H and O–H groups in total. The predicted molar refractivity (Wildman–Crippen MR) is 61.8 cm³/mol. The van der Waals surface area contributed by atoms with Gasteiger partial charge >= 0.3 is 6.09 Å². The molecule has 1 aromatic rings. The molecule has 1 aromatic carbocycles. The fourth-order valence-corrected chi connectivity index (χ4v) is 3.66. The van der Waals surface area contributed by atoms with E-state index in [4.69, 9.17) is 0 Å². The lowest BCUT2D eigenvalue weighted by molar-refractivity contribution is 0.127. The predicted octanol–water partition coefficient (Wildman–Crippen LogP) is 1.53. The minimum atomic E-state index is -3.55. The number of hydrogen-bond donors (Lipinski definition) is 0. The van der Waals surface area contributed by atoms with Crippen LogP contribution in [0.5, 0.6) is 0 Å². The molecule has 1 fully saturated rings. The van der Waals surface area contributed by atoms with Gasteiger partial charge < -0.3 is 4.74 Å². The van der Waals surface area contributed by atoms with Crippen LogP contribution in [-0.4, -0.2) is 31.2 Å². The minimum absolute atomic E-state index is 0.464. The second kappa shape index (κ2) is 4.03. The molecule has 0 aromatic heterocycles. The first-order valence-electron chi connectivity index (χ1n) is 5.16. The van der Waals surface area contributed by atoms with Crippen LogP contribution in [0.15, 0.2) is 30.3 Å². The molecule has 0 spiro atoms. The zero-order chi connectivity index (χ0) is 12.6. The molecule has 5 nitrogen and oxygen atoms in total. The van der Waals surface area contributed by atoms with Crippen molar-refractivity contribution in [1.82, 2.24) is 4.31 Å². The molecule has 1 amide bonds. The molecule has 2 rings (SSSR count). The van der Waals surface area contributed by atoms with Crippen molar-refractivity contribution in [2.45, 2.75) is 18.2 Å². The van der Waals surface area contributed by atoms with Crippen LogP contribution in [0.4, 0.5) is 4.79 Å². The van der Waals surface area contributed by atoms with Crippen molar-refractivity contribution in [3.8, 4) is 0 Å². The summed E-state index contributed by atoms with van der Waals surface area (Å²) in [6.07, 6.45) is -0.836. The van der Waals surface area contributed by atoms with Crippen molar-refractivity contribution in [2.75, 3.05) is 7.11 Å². The standard InChI is InChI=1S/C11H13NO4S/c1-8-10(9-6-4-3-5-7-9)12(11(13)16-2)17(8,14)15/h3-8,10H,1-2H3/t8-,10-/m0/s1. The third-order valence-corrected chi connectivity index (χ3v) is 5.06. The van der Waals surface area contributed by atoms with Gasteiger partial charge in [0, 0.05) is 0 Å². The van der Waals surface area contributed by atoms with Crippen molar-refractivity contribution in [2.24, 2.45) is 0 Å². The zero-order valence-electron chi connectivity index (χ0n) is 9.53. The van der Waals surface area contributed by atoms with Crippen LogP contribution in [-0.2, 0) is 14.8 Å². The van der Waals surface area contributed by atoms with Gasteiger partial charge in [-0.05, 0) is 12.5 Å². The Kier molecular flexibility index (Phi) is 2.82. The Morgan fingerprint density at radius 2 is 1.88 bits per heavy atom. The topological polar surface area (TPSA) is 63.7 Å².